The maximum absolute atomic E-state index is 13.0. The van der Waals surface area contributed by atoms with Gasteiger partial charge in [-0.1, -0.05) is 50.2 Å². The quantitative estimate of drug-likeness (QED) is 0.580. The third-order valence-electron chi connectivity index (χ3n) is 4.91. The standard InChI is InChI=1S/C23H26N2O3S2/c1-16(2)17-10-12-18(13-11-17)22(21-9-6-14-29-21)24-23(26)19-7-5-8-20(15-19)30(27,28)25(3)4/h5-16,22H,1-4H3,(H,24,26). The number of hydrogen-bond donors (Lipinski definition) is 1. The Morgan fingerprint density at radius 1 is 0.967 bits per heavy atom. The summed E-state index contributed by atoms with van der Waals surface area (Å²) in [4.78, 5) is 14.1. The zero-order chi connectivity index (χ0) is 21.9. The molecule has 0 aliphatic rings. The van der Waals surface area contributed by atoms with E-state index in [0.717, 1.165) is 14.7 Å². The van der Waals surface area contributed by atoms with Crippen molar-refractivity contribution in [2.24, 2.45) is 0 Å². The maximum atomic E-state index is 13.0. The molecule has 1 atom stereocenters. The van der Waals surface area contributed by atoms with Gasteiger partial charge in [0, 0.05) is 24.5 Å². The summed E-state index contributed by atoms with van der Waals surface area (Å²) in [5.74, 6) is 0.104. The second-order valence-corrected chi connectivity index (χ2v) is 10.7. The summed E-state index contributed by atoms with van der Waals surface area (Å²) < 4.78 is 26.0. The van der Waals surface area contributed by atoms with Crippen LogP contribution >= 0.6 is 11.3 Å². The molecule has 30 heavy (non-hydrogen) atoms. The topological polar surface area (TPSA) is 66.5 Å². The summed E-state index contributed by atoms with van der Waals surface area (Å²) >= 11 is 1.57. The van der Waals surface area contributed by atoms with Crippen molar-refractivity contribution in [2.45, 2.75) is 30.7 Å². The second kappa shape index (κ2) is 9.12. The van der Waals surface area contributed by atoms with Crippen molar-refractivity contribution in [3.63, 3.8) is 0 Å². The maximum Gasteiger partial charge on any atom is 0.252 e. The van der Waals surface area contributed by atoms with Gasteiger partial charge in [-0.3, -0.25) is 4.79 Å². The number of hydrogen-bond acceptors (Lipinski definition) is 4. The van der Waals surface area contributed by atoms with Gasteiger partial charge < -0.3 is 5.32 Å². The number of thiophene rings is 1. The summed E-state index contributed by atoms with van der Waals surface area (Å²) in [7, 11) is -0.678. The van der Waals surface area contributed by atoms with E-state index in [0.29, 0.717) is 11.5 Å². The molecule has 1 N–H and O–H groups in total. The Hall–Kier alpha value is -2.48. The van der Waals surface area contributed by atoms with Gasteiger partial charge in [0.2, 0.25) is 10.0 Å². The monoisotopic (exact) mass is 442 g/mol. The van der Waals surface area contributed by atoms with Crippen LogP contribution in [0.5, 0.6) is 0 Å². The largest absolute Gasteiger partial charge is 0.340 e. The summed E-state index contributed by atoms with van der Waals surface area (Å²) in [6.07, 6.45) is 0. The first-order valence-corrected chi connectivity index (χ1v) is 12.0. The SMILES string of the molecule is CC(C)c1ccc(C(NC(=O)c2cccc(S(=O)(=O)N(C)C)c2)c2cccs2)cc1. The van der Waals surface area contributed by atoms with Crippen LogP contribution in [0.4, 0.5) is 0 Å². The molecule has 1 unspecified atom stereocenters. The van der Waals surface area contributed by atoms with Gasteiger partial charge in [0.25, 0.3) is 5.91 Å². The first-order valence-electron chi connectivity index (χ1n) is 9.67. The van der Waals surface area contributed by atoms with Crippen LogP contribution in [0.1, 0.15) is 52.2 Å². The Kier molecular flexibility index (Phi) is 6.75. The zero-order valence-electron chi connectivity index (χ0n) is 17.5. The van der Waals surface area contributed by atoms with Crippen LogP contribution in [0.15, 0.2) is 70.9 Å². The Bertz CT molecular complexity index is 1100. The van der Waals surface area contributed by atoms with Gasteiger partial charge in [-0.05, 0) is 46.7 Å². The van der Waals surface area contributed by atoms with Crippen LogP contribution in [-0.2, 0) is 10.0 Å². The molecular weight excluding hydrogens is 416 g/mol. The van der Waals surface area contributed by atoms with Gasteiger partial charge in [-0.2, -0.15) is 0 Å². The Morgan fingerprint density at radius 3 is 2.20 bits per heavy atom. The molecule has 1 heterocycles. The van der Waals surface area contributed by atoms with Crippen LogP contribution in [0.2, 0.25) is 0 Å². The van der Waals surface area contributed by atoms with E-state index in [2.05, 4.69) is 31.3 Å². The molecule has 0 saturated heterocycles. The van der Waals surface area contributed by atoms with Crippen molar-refractivity contribution in [3.8, 4) is 0 Å². The minimum Gasteiger partial charge on any atom is -0.340 e. The minimum atomic E-state index is -3.61. The molecule has 1 amide bonds. The highest BCUT2D eigenvalue weighted by Crippen LogP contribution is 2.28. The summed E-state index contributed by atoms with van der Waals surface area (Å²) in [6.45, 7) is 4.28. The van der Waals surface area contributed by atoms with Gasteiger partial charge in [-0.15, -0.1) is 11.3 Å². The Morgan fingerprint density at radius 2 is 1.63 bits per heavy atom. The molecule has 0 saturated carbocycles. The normalized spacial score (nSPS) is 12.9. The van der Waals surface area contributed by atoms with Crippen LogP contribution in [-0.4, -0.2) is 32.7 Å². The van der Waals surface area contributed by atoms with Crippen LogP contribution in [0, 0.1) is 0 Å². The highest BCUT2D eigenvalue weighted by molar-refractivity contribution is 7.89. The number of nitrogens with zero attached hydrogens (tertiary/aromatic N) is 1. The van der Waals surface area contributed by atoms with Crippen molar-refractivity contribution in [1.29, 1.82) is 0 Å². The van der Waals surface area contributed by atoms with E-state index in [1.807, 2.05) is 29.6 Å². The zero-order valence-corrected chi connectivity index (χ0v) is 19.1. The number of carbonyl (C=O) groups is 1. The molecule has 158 valence electrons. The van der Waals surface area contributed by atoms with Gasteiger partial charge in [-0.25, -0.2) is 12.7 Å². The molecular formula is C23H26N2O3S2. The van der Waals surface area contributed by atoms with E-state index in [-0.39, 0.29) is 16.8 Å². The highest BCUT2D eigenvalue weighted by atomic mass is 32.2. The number of benzene rings is 2. The smallest absolute Gasteiger partial charge is 0.252 e. The predicted octanol–water partition coefficient (Wildman–Crippen LogP) is 4.64. The fraction of sp³-hybridized carbons (Fsp3) is 0.261. The fourth-order valence-electron chi connectivity index (χ4n) is 3.07. The van der Waals surface area contributed by atoms with E-state index >= 15 is 0 Å². The fourth-order valence-corrected chi connectivity index (χ4v) is 4.82. The second-order valence-electron chi connectivity index (χ2n) is 7.56. The number of carbonyl (C=O) groups excluding carboxylic acids is 1. The summed E-state index contributed by atoms with van der Waals surface area (Å²) in [5, 5.41) is 5.05. The van der Waals surface area contributed by atoms with Gasteiger partial charge >= 0.3 is 0 Å². The van der Waals surface area contributed by atoms with Crippen molar-refractivity contribution >= 4 is 27.3 Å². The Balaban J connectivity index is 1.91. The van der Waals surface area contributed by atoms with Crippen molar-refractivity contribution in [2.75, 3.05) is 14.1 Å². The lowest BCUT2D eigenvalue weighted by atomic mass is 9.98. The van der Waals surface area contributed by atoms with E-state index < -0.39 is 10.0 Å². The lowest BCUT2D eigenvalue weighted by Gasteiger charge is -2.19. The Labute approximate surface area is 182 Å². The van der Waals surface area contributed by atoms with Gasteiger partial charge in [0.1, 0.15) is 0 Å². The predicted molar refractivity (Wildman–Crippen MR) is 121 cm³/mol. The molecule has 7 heteroatoms. The molecule has 0 aliphatic heterocycles. The number of rotatable bonds is 7. The lowest BCUT2D eigenvalue weighted by molar-refractivity contribution is 0.0943. The third kappa shape index (κ3) is 4.80. The molecule has 3 rings (SSSR count). The van der Waals surface area contributed by atoms with E-state index in [1.165, 1.54) is 31.8 Å². The van der Waals surface area contributed by atoms with Gasteiger partial charge in [0.15, 0.2) is 0 Å². The number of amides is 1. The average Bonchev–Trinajstić information content (AvgIpc) is 3.26. The van der Waals surface area contributed by atoms with Crippen LogP contribution in [0.3, 0.4) is 0 Å². The minimum absolute atomic E-state index is 0.0918. The van der Waals surface area contributed by atoms with Gasteiger partial charge in [0.05, 0.1) is 10.9 Å². The van der Waals surface area contributed by atoms with Crippen LogP contribution in [0.25, 0.3) is 0 Å². The van der Waals surface area contributed by atoms with Crippen LogP contribution < -0.4 is 5.32 Å². The molecule has 2 aromatic carbocycles. The van der Waals surface area contributed by atoms with Crippen molar-refractivity contribution in [3.05, 3.63) is 87.6 Å². The third-order valence-corrected chi connectivity index (χ3v) is 7.66. The lowest BCUT2D eigenvalue weighted by Crippen LogP contribution is -2.29. The number of sulfonamides is 1. The molecule has 3 aromatic rings. The van der Waals surface area contributed by atoms with E-state index in [9.17, 15) is 13.2 Å². The van der Waals surface area contributed by atoms with E-state index in [4.69, 9.17) is 0 Å². The molecule has 0 aliphatic carbocycles. The molecule has 0 bridgehead atoms. The highest BCUT2D eigenvalue weighted by Gasteiger charge is 2.22. The average molecular weight is 443 g/mol. The molecule has 0 fully saturated rings. The van der Waals surface area contributed by atoms with E-state index in [1.54, 1.807) is 23.5 Å². The number of nitrogens with one attached hydrogen (secondary N) is 1. The summed E-state index contributed by atoms with van der Waals surface area (Å²) in [5.41, 5.74) is 2.52. The molecule has 1 aromatic heterocycles. The van der Waals surface area contributed by atoms with Crippen molar-refractivity contribution in [1.82, 2.24) is 9.62 Å². The van der Waals surface area contributed by atoms with Crippen molar-refractivity contribution < 1.29 is 13.2 Å². The summed E-state index contributed by atoms with van der Waals surface area (Å²) in [6, 6.07) is 18.0. The molecule has 0 radical (unpaired) electrons. The first kappa shape index (κ1) is 22.2. The molecule has 5 nitrogen and oxygen atoms in total. The molecule has 0 spiro atoms. The first-order chi connectivity index (χ1) is 14.2.